The molecule has 0 aromatic carbocycles. The first kappa shape index (κ1) is 14.6. The summed E-state index contributed by atoms with van der Waals surface area (Å²) in [7, 11) is 0. The van der Waals surface area contributed by atoms with Crippen LogP contribution in [0, 0.1) is 5.92 Å². The summed E-state index contributed by atoms with van der Waals surface area (Å²) in [6.07, 6.45) is 6.50. The Labute approximate surface area is 119 Å². The van der Waals surface area contributed by atoms with Gasteiger partial charge in [0.2, 0.25) is 0 Å². The number of unbranched alkanes of at least 4 members (excludes halogenated alkanes) is 2. The Kier molecular flexibility index (Phi) is 5.16. The highest BCUT2D eigenvalue weighted by Crippen LogP contribution is 2.08. The fraction of sp³-hybridized carbons (Fsp3) is 0.500. The van der Waals surface area contributed by atoms with Gasteiger partial charge in [-0.3, -0.25) is 4.79 Å². The quantitative estimate of drug-likeness (QED) is 0.788. The van der Waals surface area contributed by atoms with Crippen molar-refractivity contribution in [3.63, 3.8) is 0 Å². The van der Waals surface area contributed by atoms with E-state index in [0.717, 1.165) is 24.3 Å². The van der Waals surface area contributed by atoms with Crippen molar-refractivity contribution in [3.05, 3.63) is 40.8 Å². The summed E-state index contributed by atoms with van der Waals surface area (Å²) >= 11 is 0. The molecule has 0 amide bonds. The Morgan fingerprint density at radius 2 is 2.05 bits per heavy atom. The lowest BCUT2D eigenvalue weighted by atomic mass is 10.1. The van der Waals surface area contributed by atoms with Crippen molar-refractivity contribution in [2.75, 3.05) is 12.0 Å². The normalized spacial score (nSPS) is 11.2. The van der Waals surface area contributed by atoms with Gasteiger partial charge in [-0.2, -0.15) is 0 Å². The maximum absolute atomic E-state index is 11.9. The lowest BCUT2D eigenvalue weighted by Gasteiger charge is -2.11. The molecule has 0 saturated carbocycles. The predicted octanol–water partition coefficient (Wildman–Crippen LogP) is 3.16. The molecule has 2 heterocycles. The molecule has 0 aliphatic rings. The van der Waals surface area contributed by atoms with E-state index in [4.69, 9.17) is 0 Å². The SMILES string of the molecule is CC(C)CCCCCNn1c(=O)ccc2cccnc21. The Bertz CT molecular complexity index is 604. The third-order valence-electron chi connectivity index (χ3n) is 3.38. The molecule has 0 saturated heterocycles. The number of nitrogens with zero attached hydrogens (tertiary/aromatic N) is 2. The zero-order chi connectivity index (χ0) is 14.4. The fourth-order valence-electron chi connectivity index (χ4n) is 2.26. The number of aromatic nitrogens is 2. The van der Waals surface area contributed by atoms with Crippen LogP contribution in [0.1, 0.15) is 39.5 Å². The molecule has 0 aliphatic heterocycles. The van der Waals surface area contributed by atoms with Gasteiger partial charge in [0.15, 0.2) is 5.65 Å². The van der Waals surface area contributed by atoms with Crippen LogP contribution in [0.15, 0.2) is 35.3 Å². The second-order valence-corrected chi connectivity index (χ2v) is 5.57. The lowest BCUT2D eigenvalue weighted by Crippen LogP contribution is -2.29. The van der Waals surface area contributed by atoms with E-state index < -0.39 is 0 Å². The number of hydrogen-bond donors (Lipinski definition) is 1. The standard InChI is InChI=1S/C16H23N3O/c1-13(2)7-4-3-5-12-18-19-15(20)10-9-14-8-6-11-17-16(14)19/h6,8-11,13,18H,3-5,7,12H2,1-2H3. The van der Waals surface area contributed by atoms with Gasteiger partial charge in [0, 0.05) is 24.2 Å². The Morgan fingerprint density at radius 3 is 2.85 bits per heavy atom. The van der Waals surface area contributed by atoms with Gasteiger partial charge in [0.25, 0.3) is 5.56 Å². The van der Waals surface area contributed by atoms with Crippen LogP contribution in [0.2, 0.25) is 0 Å². The fourth-order valence-corrected chi connectivity index (χ4v) is 2.26. The Hall–Kier alpha value is -1.84. The van der Waals surface area contributed by atoms with Crippen LogP contribution in [0.25, 0.3) is 11.0 Å². The second-order valence-electron chi connectivity index (χ2n) is 5.57. The maximum atomic E-state index is 11.9. The smallest absolute Gasteiger partial charge is 0.270 e. The van der Waals surface area contributed by atoms with Crippen LogP contribution in [0.3, 0.4) is 0 Å². The number of pyridine rings is 2. The second kappa shape index (κ2) is 7.08. The number of nitrogens with one attached hydrogen (secondary N) is 1. The predicted molar refractivity (Wildman–Crippen MR) is 83.5 cm³/mol. The van der Waals surface area contributed by atoms with Crippen LogP contribution in [0.5, 0.6) is 0 Å². The molecule has 4 nitrogen and oxygen atoms in total. The van der Waals surface area contributed by atoms with Crippen molar-refractivity contribution in [1.29, 1.82) is 0 Å². The minimum absolute atomic E-state index is 0.0571. The van der Waals surface area contributed by atoms with Gasteiger partial charge in [-0.1, -0.05) is 33.1 Å². The third kappa shape index (κ3) is 3.83. The molecule has 4 heteroatoms. The average molecular weight is 273 g/mol. The molecule has 0 aliphatic carbocycles. The number of hydrogen-bond acceptors (Lipinski definition) is 3. The topological polar surface area (TPSA) is 46.9 Å². The molecule has 0 fully saturated rings. The summed E-state index contributed by atoms with van der Waals surface area (Å²) in [6.45, 7) is 5.30. The van der Waals surface area contributed by atoms with E-state index in [2.05, 4.69) is 24.3 Å². The Morgan fingerprint density at radius 1 is 1.20 bits per heavy atom. The van der Waals surface area contributed by atoms with Crippen molar-refractivity contribution < 1.29 is 0 Å². The molecule has 0 unspecified atom stereocenters. The van der Waals surface area contributed by atoms with Crippen LogP contribution in [-0.2, 0) is 0 Å². The molecule has 108 valence electrons. The highest BCUT2D eigenvalue weighted by atomic mass is 16.1. The van der Waals surface area contributed by atoms with Crippen molar-refractivity contribution in [2.45, 2.75) is 39.5 Å². The van der Waals surface area contributed by atoms with E-state index in [1.807, 2.05) is 18.2 Å². The zero-order valence-electron chi connectivity index (χ0n) is 12.3. The Balaban J connectivity index is 1.93. The first-order chi connectivity index (χ1) is 9.68. The van der Waals surface area contributed by atoms with Gasteiger partial charge < -0.3 is 5.43 Å². The van der Waals surface area contributed by atoms with Crippen molar-refractivity contribution in [3.8, 4) is 0 Å². The van der Waals surface area contributed by atoms with Crippen molar-refractivity contribution in [2.24, 2.45) is 5.92 Å². The molecule has 1 N–H and O–H groups in total. The molecule has 0 atom stereocenters. The van der Waals surface area contributed by atoms with E-state index in [-0.39, 0.29) is 5.56 Å². The summed E-state index contributed by atoms with van der Waals surface area (Å²) < 4.78 is 1.55. The van der Waals surface area contributed by atoms with Gasteiger partial charge in [-0.05, 0) is 30.5 Å². The molecule has 20 heavy (non-hydrogen) atoms. The summed E-state index contributed by atoms with van der Waals surface area (Å²) in [5.41, 5.74) is 3.83. The minimum atomic E-state index is -0.0571. The average Bonchev–Trinajstić information content (AvgIpc) is 2.44. The van der Waals surface area contributed by atoms with Crippen LogP contribution >= 0.6 is 0 Å². The molecular formula is C16H23N3O. The summed E-state index contributed by atoms with van der Waals surface area (Å²) in [5.74, 6) is 0.771. The van der Waals surface area contributed by atoms with Crippen LogP contribution < -0.4 is 11.0 Å². The van der Waals surface area contributed by atoms with Gasteiger partial charge in [-0.25, -0.2) is 9.66 Å². The van der Waals surface area contributed by atoms with Crippen LogP contribution in [-0.4, -0.2) is 16.2 Å². The molecule has 2 rings (SSSR count). The zero-order valence-corrected chi connectivity index (χ0v) is 12.3. The van der Waals surface area contributed by atoms with Gasteiger partial charge in [-0.15, -0.1) is 0 Å². The molecule has 2 aromatic heterocycles. The summed E-state index contributed by atoms with van der Waals surface area (Å²) in [4.78, 5) is 16.2. The van der Waals surface area contributed by atoms with E-state index >= 15 is 0 Å². The van der Waals surface area contributed by atoms with Crippen molar-refractivity contribution >= 4 is 11.0 Å². The third-order valence-corrected chi connectivity index (χ3v) is 3.38. The van der Waals surface area contributed by atoms with E-state index in [1.165, 1.54) is 19.3 Å². The van der Waals surface area contributed by atoms with E-state index in [9.17, 15) is 4.79 Å². The van der Waals surface area contributed by atoms with E-state index in [0.29, 0.717) is 5.65 Å². The van der Waals surface area contributed by atoms with Gasteiger partial charge in [0.1, 0.15) is 0 Å². The van der Waals surface area contributed by atoms with Crippen LogP contribution in [0.4, 0.5) is 0 Å². The number of fused-ring (bicyclic) bond motifs is 1. The summed E-state index contributed by atoms with van der Waals surface area (Å²) in [5, 5.41) is 0.972. The highest BCUT2D eigenvalue weighted by Gasteiger charge is 2.02. The first-order valence-corrected chi connectivity index (χ1v) is 7.39. The molecular weight excluding hydrogens is 250 g/mol. The minimum Gasteiger partial charge on any atom is -0.321 e. The highest BCUT2D eigenvalue weighted by molar-refractivity contribution is 5.74. The number of rotatable bonds is 7. The maximum Gasteiger partial charge on any atom is 0.270 e. The molecule has 0 radical (unpaired) electrons. The summed E-state index contributed by atoms with van der Waals surface area (Å²) in [6, 6.07) is 7.23. The van der Waals surface area contributed by atoms with Crippen molar-refractivity contribution in [1.82, 2.24) is 9.66 Å². The lowest BCUT2D eigenvalue weighted by molar-refractivity contribution is 0.528. The van der Waals surface area contributed by atoms with Gasteiger partial charge >= 0.3 is 0 Å². The monoisotopic (exact) mass is 273 g/mol. The molecule has 2 aromatic rings. The first-order valence-electron chi connectivity index (χ1n) is 7.39. The van der Waals surface area contributed by atoms with E-state index in [1.54, 1.807) is 16.9 Å². The molecule has 0 bridgehead atoms. The van der Waals surface area contributed by atoms with Gasteiger partial charge in [0.05, 0.1) is 0 Å². The largest absolute Gasteiger partial charge is 0.321 e. The molecule has 0 spiro atoms.